The zero-order valence-corrected chi connectivity index (χ0v) is 14.9. The quantitative estimate of drug-likeness (QED) is 0.684. The maximum absolute atomic E-state index is 12.5. The monoisotopic (exact) mass is 347 g/mol. The van der Waals surface area contributed by atoms with Crippen LogP contribution in [0.15, 0.2) is 72.8 Å². The highest BCUT2D eigenvalue weighted by molar-refractivity contribution is 5.94. The summed E-state index contributed by atoms with van der Waals surface area (Å²) in [4.78, 5) is 12.5. The molecular formula is C22H21NO3. The molecule has 0 aliphatic carbocycles. The lowest BCUT2D eigenvalue weighted by atomic mass is 10.1. The molecule has 0 heterocycles. The Morgan fingerprint density at radius 1 is 0.885 bits per heavy atom. The van der Waals surface area contributed by atoms with E-state index in [9.17, 15) is 4.79 Å². The summed E-state index contributed by atoms with van der Waals surface area (Å²) in [5.74, 6) is 1.90. The smallest absolute Gasteiger partial charge is 0.229 e. The molecule has 3 rings (SSSR count). The third kappa shape index (κ3) is 4.42. The van der Waals surface area contributed by atoms with Gasteiger partial charge in [0.25, 0.3) is 0 Å². The summed E-state index contributed by atoms with van der Waals surface area (Å²) in [6.07, 6.45) is 0.225. The molecule has 0 atom stereocenters. The normalized spacial score (nSPS) is 10.2. The van der Waals surface area contributed by atoms with Gasteiger partial charge in [0.1, 0.15) is 11.5 Å². The average Bonchev–Trinajstić information content (AvgIpc) is 2.65. The minimum atomic E-state index is -0.130. The van der Waals surface area contributed by atoms with E-state index in [2.05, 4.69) is 5.32 Å². The zero-order chi connectivity index (χ0) is 18.4. The zero-order valence-electron chi connectivity index (χ0n) is 14.9. The van der Waals surface area contributed by atoms with E-state index in [4.69, 9.17) is 9.47 Å². The first-order valence-electron chi connectivity index (χ1n) is 8.41. The van der Waals surface area contributed by atoms with Crippen LogP contribution in [0.4, 0.5) is 5.69 Å². The number of methoxy groups -OCH3 is 1. The molecule has 4 nitrogen and oxygen atoms in total. The van der Waals surface area contributed by atoms with E-state index >= 15 is 0 Å². The molecule has 0 spiro atoms. The standard InChI is InChI=1S/C22H21NO3/c1-16-11-13-18(14-12-16)26-21-10-6-4-8-19(21)23-22(24)15-17-7-3-5-9-20(17)25-2/h3-14H,15H2,1-2H3,(H,23,24). The topological polar surface area (TPSA) is 47.6 Å². The van der Waals surface area contributed by atoms with Crippen LogP contribution in [0, 0.1) is 6.92 Å². The molecule has 1 amide bonds. The number of ether oxygens (including phenoxy) is 2. The average molecular weight is 347 g/mol. The van der Waals surface area contributed by atoms with Crippen LogP contribution in [0.3, 0.4) is 0 Å². The first kappa shape index (κ1) is 17.5. The molecule has 3 aromatic rings. The molecule has 0 aromatic heterocycles. The van der Waals surface area contributed by atoms with E-state index in [1.54, 1.807) is 7.11 Å². The van der Waals surface area contributed by atoms with Gasteiger partial charge in [0.05, 0.1) is 19.2 Å². The van der Waals surface area contributed by atoms with Crippen molar-refractivity contribution < 1.29 is 14.3 Å². The molecule has 1 N–H and O–H groups in total. The molecule has 0 fully saturated rings. The second-order valence-electron chi connectivity index (χ2n) is 5.95. The molecule has 4 heteroatoms. The maximum atomic E-state index is 12.5. The Labute approximate surface area is 153 Å². The Morgan fingerprint density at radius 3 is 2.27 bits per heavy atom. The third-order valence-corrected chi connectivity index (χ3v) is 3.95. The molecule has 26 heavy (non-hydrogen) atoms. The van der Waals surface area contributed by atoms with Crippen LogP contribution >= 0.6 is 0 Å². The number of carbonyl (C=O) groups excluding carboxylic acids is 1. The molecule has 0 radical (unpaired) electrons. The number of anilines is 1. The first-order valence-corrected chi connectivity index (χ1v) is 8.41. The van der Waals surface area contributed by atoms with E-state index in [1.165, 1.54) is 0 Å². The van der Waals surface area contributed by atoms with Crippen LogP contribution in [-0.4, -0.2) is 13.0 Å². The second-order valence-corrected chi connectivity index (χ2v) is 5.95. The predicted octanol–water partition coefficient (Wildman–Crippen LogP) is 4.98. The van der Waals surface area contributed by atoms with Crippen LogP contribution in [0.1, 0.15) is 11.1 Å². The van der Waals surface area contributed by atoms with E-state index in [0.29, 0.717) is 17.2 Å². The molecule has 0 saturated carbocycles. The van der Waals surface area contributed by atoms with Gasteiger partial charge in [0.2, 0.25) is 5.91 Å². The Morgan fingerprint density at radius 2 is 1.54 bits per heavy atom. The van der Waals surface area contributed by atoms with Crippen molar-refractivity contribution >= 4 is 11.6 Å². The second kappa shape index (κ2) is 8.21. The van der Waals surface area contributed by atoms with E-state index < -0.39 is 0 Å². The SMILES string of the molecule is COc1ccccc1CC(=O)Nc1ccccc1Oc1ccc(C)cc1. The van der Waals surface area contributed by atoms with Crippen LogP contribution < -0.4 is 14.8 Å². The fourth-order valence-electron chi connectivity index (χ4n) is 2.61. The van der Waals surface area contributed by atoms with Gasteiger partial charge in [-0.15, -0.1) is 0 Å². The van der Waals surface area contributed by atoms with Crippen molar-refractivity contribution in [2.45, 2.75) is 13.3 Å². The number of nitrogens with one attached hydrogen (secondary N) is 1. The number of rotatable bonds is 6. The molecule has 0 unspecified atom stereocenters. The van der Waals surface area contributed by atoms with Crippen LogP contribution in [0.5, 0.6) is 17.2 Å². The summed E-state index contributed by atoms with van der Waals surface area (Å²) in [6, 6.07) is 22.7. The van der Waals surface area contributed by atoms with Crippen LogP contribution in [0.2, 0.25) is 0 Å². The molecule has 0 bridgehead atoms. The van der Waals surface area contributed by atoms with Gasteiger partial charge in [-0.05, 0) is 37.3 Å². The van der Waals surface area contributed by atoms with Crippen LogP contribution in [-0.2, 0) is 11.2 Å². The van der Waals surface area contributed by atoms with E-state index in [-0.39, 0.29) is 12.3 Å². The van der Waals surface area contributed by atoms with E-state index in [0.717, 1.165) is 16.9 Å². The van der Waals surface area contributed by atoms with Gasteiger partial charge in [-0.2, -0.15) is 0 Å². The van der Waals surface area contributed by atoms with Crippen LogP contribution in [0.25, 0.3) is 0 Å². The van der Waals surface area contributed by atoms with Crippen molar-refractivity contribution in [1.29, 1.82) is 0 Å². The molecule has 3 aromatic carbocycles. The number of benzene rings is 3. The van der Waals surface area contributed by atoms with Gasteiger partial charge in [-0.25, -0.2) is 0 Å². The Kier molecular flexibility index (Phi) is 5.54. The lowest BCUT2D eigenvalue weighted by molar-refractivity contribution is -0.115. The minimum absolute atomic E-state index is 0.130. The Bertz CT molecular complexity index is 888. The predicted molar refractivity (Wildman–Crippen MR) is 103 cm³/mol. The number of aryl methyl sites for hydroxylation is 1. The lowest BCUT2D eigenvalue weighted by Gasteiger charge is -2.13. The number of amides is 1. The fraction of sp³-hybridized carbons (Fsp3) is 0.136. The van der Waals surface area contributed by atoms with Crippen molar-refractivity contribution in [1.82, 2.24) is 0 Å². The summed E-state index contributed by atoms with van der Waals surface area (Å²) in [5, 5.41) is 2.92. The van der Waals surface area contributed by atoms with Crippen molar-refractivity contribution in [3.63, 3.8) is 0 Å². The molecule has 0 saturated heterocycles. The minimum Gasteiger partial charge on any atom is -0.496 e. The Hall–Kier alpha value is -3.27. The van der Waals surface area contributed by atoms with Gasteiger partial charge in [-0.3, -0.25) is 4.79 Å². The van der Waals surface area contributed by atoms with Crippen molar-refractivity contribution in [3.05, 3.63) is 83.9 Å². The molecular weight excluding hydrogens is 326 g/mol. The Balaban J connectivity index is 1.73. The van der Waals surface area contributed by atoms with Gasteiger partial charge in [0, 0.05) is 5.56 Å². The summed E-state index contributed by atoms with van der Waals surface area (Å²) >= 11 is 0. The molecule has 0 aliphatic rings. The number of carbonyl (C=O) groups is 1. The first-order chi connectivity index (χ1) is 12.7. The van der Waals surface area contributed by atoms with Gasteiger partial charge < -0.3 is 14.8 Å². The maximum Gasteiger partial charge on any atom is 0.229 e. The van der Waals surface area contributed by atoms with Gasteiger partial charge in [-0.1, -0.05) is 48.0 Å². The van der Waals surface area contributed by atoms with Gasteiger partial charge in [0.15, 0.2) is 5.75 Å². The highest BCUT2D eigenvalue weighted by atomic mass is 16.5. The molecule has 132 valence electrons. The number of hydrogen-bond donors (Lipinski definition) is 1. The summed E-state index contributed by atoms with van der Waals surface area (Å²) in [5.41, 5.74) is 2.63. The van der Waals surface area contributed by atoms with Crippen molar-refractivity contribution in [2.75, 3.05) is 12.4 Å². The highest BCUT2D eigenvalue weighted by Crippen LogP contribution is 2.29. The highest BCUT2D eigenvalue weighted by Gasteiger charge is 2.11. The summed E-state index contributed by atoms with van der Waals surface area (Å²) in [6.45, 7) is 2.02. The lowest BCUT2D eigenvalue weighted by Crippen LogP contribution is -2.15. The largest absolute Gasteiger partial charge is 0.496 e. The third-order valence-electron chi connectivity index (χ3n) is 3.95. The summed E-state index contributed by atoms with van der Waals surface area (Å²) < 4.78 is 11.2. The van der Waals surface area contributed by atoms with Gasteiger partial charge >= 0.3 is 0 Å². The van der Waals surface area contributed by atoms with Crippen molar-refractivity contribution in [2.24, 2.45) is 0 Å². The van der Waals surface area contributed by atoms with Crippen molar-refractivity contribution in [3.8, 4) is 17.2 Å². The number of para-hydroxylation sites is 3. The molecule has 0 aliphatic heterocycles. The summed E-state index contributed by atoms with van der Waals surface area (Å²) in [7, 11) is 1.60. The fourth-order valence-corrected chi connectivity index (χ4v) is 2.61. The van der Waals surface area contributed by atoms with E-state index in [1.807, 2.05) is 79.7 Å². The number of hydrogen-bond acceptors (Lipinski definition) is 3.